The van der Waals surface area contributed by atoms with E-state index < -0.39 is 0 Å². The third-order valence-corrected chi connectivity index (χ3v) is 3.21. The van der Waals surface area contributed by atoms with Gasteiger partial charge in [0.2, 0.25) is 0 Å². The maximum Gasteiger partial charge on any atom is 0.162 e. The highest BCUT2D eigenvalue weighted by molar-refractivity contribution is 5.96. The van der Waals surface area contributed by atoms with Crippen molar-refractivity contribution in [2.24, 2.45) is 0 Å². The summed E-state index contributed by atoms with van der Waals surface area (Å²) in [7, 11) is 0. The number of ketones is 1. The normalized spacial score (nSPS) is 10.3. The number of Topliss-reactive ketones (excluding diaryl/α,β-unsaturated/α-hetero) is 1. The maximum absolute atomic E-state index is 11.7. The molecule has 0 aromatic heterocycles. The average Bonchev–Trinajstić information content (AvgIpc) is 2.53. The van der Waals surface area contributed by atoms with E-state index in [1.807, 2.05) is 55.5 Å². The van der Waals surface area contributed by atoms with Crippen LogP contribution < -0.4 is 5.32 Å². The van der Waals surface area contributed by atoms with Crippen molar-refractivity contribution in [1.82, 2.24) is 0 Å². The van der Waals surface area contributed by atoms with Gasteiger partial charge in [0, 0.05) is 24.2 Å². The fourth-order valence-corrected chi connectivity index (χ4v) is 1.97. The van der Waals surface area contributed by atoms with E-state index >= 15 is 0 Å². The average molecular weight is 269 g/mol. The van der Waals surface area contributed by atoms with Crippen LogP contribution in [-0.4, -0.2) is 10.9 Å². The van der Waals surface area contributed by atoms with E-state index in [0.717, 1.165) is 22.4 Å². The number of hydrogen-bond acceptors (Lipinski definition) is 3. The van der Waals surface area contributed by atoms with Gasteiger partial charge in [0.1, 0.15) is 0 Å². The van der Waals surface area contributed by atoms with Gasteiger partial charge in [0.15, 0.2) is 5.78 Å². The van der Waals surface area contributed by atoms with Crippen molar-refractivity contribution in [3.63, 3.8) is 0 Å². The molecule has 0 amide bonds. The van der Waals surface area contributed by atoms with Gasteiger partial charge < -0.3 is 10.4 Å². The Kier molecular flexibility index (Phi) is 4.91. The fraction of sp³-hybridized carbons (Fsp3) is 0.235. The van der Waals surface area contributed by atoms with E-state index in [2.05, 4.69) is 5.32 Å². The van der Waals surface area contributed by atoms with E-state index in [0.29, 0.717) is 13.0 Å². The Bertz CT molecular complexity index is 576. The van der Waals surface area contributed by atoms with Crippen LogP contribution in [0.25, 0.3) is 0 Å². The van der Waals surface area contributed by atoms with Crippen LogP contribution in [0.5, 0.6) is 0 Å². The van der Waals surface area contributed by atoms with Crippen molar-refractivity contribution in [2.45, 2.75) is 26.5 Å². The first kappa shape index (κ1) is 14.3. The van der Waals surface area contributed by atoms with Gasteiger partial charge in [0.05, 0.1) is 6.61 Å². The summed E-state index contributed by atoms with van der Waals surface area (Å²) in [5, 5.41) is 12.3. The molecule has 0 aliphatic rings. The molecule has 0 spiro atoms. The first-order valence-corrected chi connectivity index (χ1v) is 6.78. The van der Waals surface area contributed by atoms with Crippen LogP contribution in [0.2, 0.25) is 0 Å². The summed E-state index contributed by atoms with van der Waals surface area (Å²) in [6, 6.07) is 15.4. The monoisotopic (exact) mass is 269 g/mol. The second kappa shape index (κ2) is 6.87. The summed E-state index contributed by atoms with van der Waals surface area (Å²) in [4.78, 5) is 11.7. The van der Waals surface area contributed by atoms with Crippen LogP contribution >= 0.6 is 0 Å². The molecule has 2 N–H and O–H groups in total. The molecule has 0 unspecified atom stereocenters. The molecule has 2 aromatic carbocycles. The van der Waals surface area contributed by atoms with Crippen molar-refractivity contribution < 1.29 is 9.90 Å². The van der Waals surface area contributed by atoms with Gasteiger partial charge in [-0.25, -0.2) is 0 Å². The van der Waals surface area contributed by atoms with E-state index in [1.165, 1.54) is 0 Å². The van der Waals surface area contributed by atoms with E-state index in [-0.39, 0.29) is 12.4 Å². The standard InChI is InChI=1S/C17H19NO2/c1-2-17(20)15-4-3-5-16(10-15)18-11-13-6-8-14(12-19)9-7-13/h3-10,18-19H,2,11-12H2,1H3. The number of nitrogens with one attached hydrogen (secondary N) is 1. The van der Waals surface area contributed by atoms with E-state index in [9.17, 15) is 4.79 Å². The zero-order valence-electron chi connectivity index (χ0n) is 11.6. The topological polar surface area (TPSA) is 49.3 Å². The van der Waals surface area contributed by atoms with E-state index in [1.54, 1.807) is 0 Å². The molecule has 2 rings (SSSR count). The fourth-order valence-electron chi connectivity index (χ4n) is 1.97. The van der Waals surface area contributed by atoms with Gasteiger partial charge in [-0.05, 0) is 23.3 Å². The van der Waals surface area contributed by atoms with E-state index in [4.69, 9.17) is 5.11 Å². The molecular formula is C17H19NO2. The molecule has 20 heavy (non-hydrogen) atoms. The molecule has 104 valence electrons. The SMILES string of the molecule is CCC(=O)c1cccc(NCc2ccc(CO)cc2)c1. The van der Waals surface area contributed by atoms with Crippen LogP contribution in [0.15, 0.2) is 48.5 Å². The molecule has 0 saturated heterocycles. The number of aliphatic hydroxyl groups excluding tert-OH is 1. The number of benzene rings is 2. The molecule has 0 aliphatic heterocycles. The highest BCUT2D eigenvalue weighted by atomic mass is 16.3. The molecule has 0 heterocycles. The van der Waals surface area contributed by atoms with Crippen molar-refractivity contribution in [2.75, 3.05) is 5.32 Å². The summed E-state index contributed by atoms with van der Waals surface area (Å²) < 4.78 is 0. The van der Waals surface area contributed by atoms with Gasteiger partial charge in [-0.2, -0.15) is 0 Å². The first-order chi connectivity index (χ1) is 9.72. The summed E-state index contributed by atoms with van der Waals surface area (Å²) in [6.07, 6.45) is 0.520. The lowest BCUT2D eigenvalue weighted by molar-refractivity contribution is 0.0988. The third-order valence-electron chi connectivity index (χ3n) is 3.21. The smallest absolute Gasteiger partial charge is 0.162 e. The van der Waals surface area contributed by atoms with Crippen LogP contribution in [0.3, 0.4) is 0 Å². The summed E-state index contributed by atoms with van der Waals surface area (Å²) in [6.45, 7) is 2.62. The Morgan fingerprint density at radius 2 is 1.80 bits per heavy atom. The number of carbonyl (C=O) groups is 1. The summed E-state index contributed by atoms with van der Waals surface area (Å²) >= 11 is 0. The minimum Gasteiger partial charge on any atom is -0.392 e. The molecule has 3 heteroatoms. The predicted molar refractivity (Wildman–Crippen MR) is 80.8 cm³/mol. The Hall–Kier alpha value is -2.13. The lowest BCUT2D eigenvalue weighted by Crippen LogP contribution is -2.02. The number of hydrogen-bond donors (Lipinski definition) is 2. The van der Waals surface area contributed by atoms with Crippen LogP contribution in [0.1, 0.15) is 34.8 Å². The quantitative estimate of drug-likeness (QED) is 0.790. The molecule has 0 atom stereocenters. The second-order valence-electron chi connectivity index (χ2n) is 4.69. The highest BCUT2D eigenvalue weighted by Crippen LogP contribution is 2.14. The third kappa shape index (κ3) is 3.68. The Labute approximate surface area is 119 Å². The number of anilines is 1. The number of carbonyl (C=O) groups excluding carboxylic acids is 1. The Morgan fingerprint density at radius 1 is 1.10 bits per heavy atom. The van der Waals surface area contributed by atoms with Crippen molar-refractivity contribution in [3.8, 4) is 0 Å². The van der Waals surface area contributed by atoms with Gasteiger partial charge >= 0.3 is 0 Å². The minimum atomic E-state index is 0.0644. The zero-order chi connectivity index (χ0) is 14.4. The molecule has 0 saturated carbocycles. The predicted octanol–water partition coefficient (Wildman–Crippen LogP) is 3.38. The molecular weight excluding hydrogens is 250 g/mol. The van der Waals surface area contributed by atoms with Gasteiger partial charge in [-0.15, -0.1) is 0 Å². The van der Waals surface area contributed by atoms with Crippen molar-refractivity contribution in [1.29, 1.82) is 0 Å². The van der Waals surface area contributed by atoms with Gasteiger partial charge in [0.25, 0.3) is 0 Å². The van der Waals surface area contributed by atoms with Crippen LogP contribution in [0, 0.1) is 0 Å². The summed E-state index contributed by atoms with van der Waals surface area (Å²) in [5.41, 5.74) is 3.72. The molecule has 0 aliphatic carbocycles. The lowest BCUT2D eigenvalue weighted by atomic mass is 10.1. The molecule has 0 radical (unpaired) electrons. The van der Waals surface area contributed by atoms with Crippen LogP contribution in [-0.2, 0) is 13.2 Å². The molecule has 0 fully saturated rings. The maximum atomic E-state index is 11.7. The largest absolute Gasteiger partial charge is 0.392 e. The zero-order valence-corrected chi connectivity index (χ0v) is 11.6. The first-order valence-electron chi connectivity index (χ1n) is 6.78. The lowest BCUT2D eigenvalue weighted by Gasteiger charge is -2.08. The van der Waals surface area contributed by atoms with Gasteiger partial charge in [-0.1, -0.05) is 43.3 Å². The Balaban J connectivity index is 2.01. The second-order valence-corrected chi connectivity index (χ2v) is 4.69. The number of rotatable bonds is 6. The van der Waals surface area contributed by atoms with Gasteiger partial charge in [-0.3, -0.25) is 4.79 Å². The van der Waals surface area contributed by atoms with Crippen molar-refractivity contribution in [3.05, 3.63) is 65.2 Å². The number of aliphatic hydroxyl groups is 1. The minimum absolute atomic E-state index is 0.0644. The van der Waals surface area contributed by atoms with Crippen LogP contribution in [0.4, 0.5) is 5.69 Å². The molecule has 0 bridgehead atoms. The summed E-state index contributed by atoms with van der Waals surface area (Å²) in [5.74, 6) is 0.154. The highest BCUT2D eigenvalue weighted by Gasteiger charge is 2.03. The Morgan fingerprint density at radius 3 is 2.45 bits per heavy atom. The molecule has 3 nitrogen and oxygen atoms in total. The molecule has 2 aromatic rings. The van der Waals surface area contributed by atoms with Crippen molar-refractivity contribution >= 4 is 11.5 Å².